The van der Waals surface area contributed by atoms with Crippen LogP contribution in [0.1, 0.15) is 27.7 Å². The largest absolute Gasteiger partial charge is 0.316 e. The number of likely N-dealkylation sites (N-methyl/N-ethyl adjacent to an activating group) is 1. The van der Waals surface area contributed by atoms with Crippen molar-refractivity contribution in [3.63, 3.8) is 0 Å². The van der Waals surface area contributed by atoms with Crippen LogP contribution in [-0.2, 0) is 0 Å². The van der Waals surface area contributed by atoms with Crippen molar-refractivity contribution in [2.45, 2.75) is 27.7 Å². The van der Waals surface area contributed by atoms with E-state index in [0.717, 1.165) is 6.54 Å². The summed E-state index contributed by atoms with van der Waals surface area (Å²) < 4.78 is 0. The van der Waals surface area contributed by atoms with Crippen LogP contribution in [0.2, 0.25) is 0 Å². The molecule has 1 aliphatic carbocycles. The Morgan fingerprint density at radius 2 is 1.93 bits per heavy atom. The third kappa shape index (κ3) is 2.82. The van der Waals surface area contributed by atoms with Gasteiger partial charge in [0.05, 0.1) is 0 Å². The van der Waals surface area contributed by atoms with Crippen LogP contribution in [0.3, 0.4) is 0 Å². The maximum Gasteiger partial charge on any atom is 0.0202 e. The second-order valence-electron chi connectivity index (χ2n) is 5.50. The molecule has 0 aromatic heterocycles. The molecule has 0 aliphatic heterocycles. The van der Waals surface area contributed by atoms with Crippen LogP contribution >= 0.6 is 0 Å². The molecule has 1 atom stereocenters. The number of allylic oxidation sites excluding steroid dienone is 4. The lowest BCUT2D eigenvalue weighted by Crippen LogP contribution is -2.28. The smallest absolute Gasteiger partial charge is 0.0202 e. The van der Waals surface area contributed by atoms with E-state index in [2.05, 4.69) is 63.4 Å². The fourth-order valence-electron chi connectivity index (χ4n) is 1.58. The van der Waals surface area contributed by atoms with Gasteiger partial charge in [-0.05, 0) is 18.0 Å². The van der Waals surface area contributed by atoms with Gasteiger partial charge in [-0.25, -0.2) is 0 Å². The highest BCUT2D eigenvalue weighted by Crippen LogP contribution is 2.41. The van der Waals surface area contributed by atoms with Crippen molar-refractivity contribution in [1.29, 1.82) is 0 Å². The first kappa shape index (κ1) is 12.3. The maximum atomic E-state index is 3.18. The lowest BCUT2D eigenvalue weighted by atomic mass is 9.68. The van der Waals surface area contributed by atoms with Crippen LogP contribution in [-0.4, -0.2) is 13.6 Å². The normalized spacial score (nSPS) is 26.3. The van der Waals surface area contributed by atoms with Crippen LogP contribution in [0.4, 0.5) is 0 Å². The third-order valence-electron chi connectivity index (χ3n) is 3.39. The summed E-state index contributed by atoms with van der Waals surface area (Å²) in [6.45, 7) is 10.1. The van der Waals surface area contributed by atoms with E-state index in [9.17, 15) is 0 Å². The van der Waals surface area contributed by atoms with Gasteiger partial charge in [0.15, 0.2) is 0 Å². The summed E-state index contributed by atoms with van der Waals surface area (Å²) in [5, 5.41) is 3.18. The van der Waals surface area contributed by atoms with Gasteiger partial charge in [0.1, 0.15) is 0 Å². The highest BCUT2D eigenvalue weighted by molar-refractivity contribution is 5.33. The predicted molar refractivity (Wildman–Crippen MR) is 67.9 cm³/mol. The molecule has 1 aliphatic rings. The molecule has 1 N–H and O–H groups in total. The molecular weight excluding hydrogens is 182 g/mol. The first-order chi connectivity index (χ1) is 6.89. The van der Waals surface area contributed by atoms with Gasteiger partial charge < -0.3 is 5.32 Å². The maximum absolute atomic E-state index is 3.18. The zero-order chi connectivity index (χ0) is 11.5. The fourth-order valence-corrected chi connectivity index (χ4v) is 1.58. The second kappa shape index (κ2) is 4.36. The fraction of sp³-hybridized carbons (Fsp3) is 0.571. The Hall–Kier alpha value is -0.820. The minimum absolute atomic E-state index is 0.138. The lowest BCUT2D eigenvalue weighted by Gasteiger charge is -2.37. The van der Waals surface area contributed by atoms with Gasteiger partial charge in [-0.15, -0.1) is 0 Å². The molecule has 0 radical (unpaired) electrons. The molecule has 15 heavy (non-hydrogen) atoms. The van der Waals surface area contributed by atoms with Gasteiger partial charge in [0, 0.05) is 12.0 Å². The van der Waals surface area contributed by atoms with Gasteiger partial charge in [0.2, 0.25) is 0 Å². The van der Waals surface area contributed by atoms with Crippen LogP contribution in [0.25, 0.3) is 0 Å². The minimum atomic E-state index is 0.138. The lowest BCUT2D eigenvalue weighted by molar-refractivity contribution is 0.228. The van der Waals surface area contributed by atoms with Crippen molar-refractivity contribution >= 4 is 0 Å². The average Bonchev–Trinajstić information content (AvgIpc) is 2.29. The zero-order valence-corrected chi connectivity index (χ0v) is 10.6. The van der Waals surface area contributed by atoms with Gasteiger partial charge in [-0.3, -0.25) is 0 Å². The summed E-state index contributed by atoms with van der Waals surface area (Å²) in [6, 6.07) is 0. The van der Waals surface area contributed by atoms with E-state index in [1.54, 1.807) is 0 Å². The number of nitrogens with one attached hydrogen (secondary N) is 1. The molecule has 0 aromatic rings. The Kier molecular flexibility index (Phi) is 3.56. The minimum Gasteiger partial charge on any atom is -0.316 e. The molecular formula is C14H23N. The van der Waals surface area contributed by atoms with Crippen molar-refractivity contribution in [3.8, 4) is 0 Å². The van der Waals surface area contributed by atoms with E-state index in [1.165, 1.54) is 5.57 Å². The van der Waals surface area contributed by atoms with Crippen molar-refractivity contribution in [3.05, 3.63) is 36.0 Å². The second-order valence-corrected chi connectivity index (χ2v) is 5.50. The molecule has 0 heterocycles. The highest BCUT2D eigenvalue weighted by atomic mass is 14.8. The molecule has 1 rings (SSSR count). The molecule has 0 saturated carbocycles. The average molecular weight is 205 g/mol. The SMILES string of the molecule is CNCC1=CC=CC(C)(C(C)(C)C)C=C1. The van der Waals surface area contributed by atoms with Crippen LogP contribution in [0.15, 0.2) is 36.0 Å². The molecule has 0 bridgehead atoms. The van der Waals surface area contributed by atoms with E-state index < -0.39 is 0 Å². The first-order valence-corrected chi connectivity index (χ1v) is 5.61. The van der Waals surface area contributed by atoms with Crippen molar-refractivity contribution in [2.75, 3.05) is 13.6 Å². The van der Waals surface area contributed by atoms with Gasteiger partial charge >= 0.3 is 0 Å². The van der Waals surface area contributed by atoms with E-state index >= 15 is 0 Å². The van der Waals surface area contributed by atoms with Crippen molar-refractivity contribution in [1.82, 2.24) is 5.32 Å². The molecule has 0 aromatic carbocycles. The Balaban J connectivity index is 2.91. The van der Waals surface area contributed by atoms with E-state index in [0.29, 0.717) is 0 Å². The standard InChI is InChI=1S/C14H23N/c1-13(2,3)14(4)9-6-7-12(8-10-14)11-15-5/h6-10,15H,11H2,1-5H3. The summed E-state index contributed by atoms with van der Waals surface area (Å²) in [5.41, 5.74) is 1.73. The Bertz CT molecular complexity index is 302. The molecule has 0 amide bonds. The predicted octanol–water partition coefficient (Wildman–Crippen LogP) is 3.31. The van der Waals surface area contributed by atoms with E-state index in [-0.39, 0.29) is 10.8 Å². The summed E-state index contributed by atoms with van der Waals surface area (Å²) in [4.78, 5) is 0. The number of rotatable bonds is 2. The van der Waals surface area contributed by atoms with Crippen LogP contribution < -0.4 is 5.32 Å². The third-order valence-corrected chi connectivity index (χ3v) is 3.39. The monoisotopic (exact) mass is 205 g/mol. The zero-order valence-electron chi connectivity index (χ0n) is 10.6. The topological polar surface area (TPSA) is 12.0 Å². The molecule has 1 heteroatoms. The van der Waals surface area contributed by atoms with Gasteiger partial charge in [-0.2, -0.15) is 0 Å². The molecule has 1 unspecified atom stereocenters. The first-order valence-electron chi connectivity index (χ1n) is 5.61. The summed E-state index contributed by atoms with van der Waals surface area (Å²) in [5.74, 6) is 0. The van der Waals surface area contributed by atoms with E-state index in [4.69, 9.17) is 0 Å². The highest BCUT2D eigenvalue weighted by Gasteiger charge is 2.32. The number of hydrogen-bond donors (Lipinski definition) is 1. The van der Waals surface area contributed by atoms with Crippen molar-refractivity contribution < 1.29 is 0 Å². The molecule has 0 spiro atoms. The Labute approximate surface area is 94.0 Å². The Morgan fingerprint density at radius 1 is 1.27 bits per heavy atom. The molecule has 0 fully saturated rings. The molecule has 1 nitrogen and oxygen atoms in total. The van der Waals surface area contributed by atoms with Gasteiger partial charge in [-0.1, -0.05) is 58.1 Å². The number of hydrogen-bond acceptors (Lipinski definition) is 1. The van der Waals surface area contributed by atoms with Crippen LogP contribution in [0.5, 0.6) is 0 Å². The van der Waals surface area contributed by atoms with Crippen LogP contribution in [0, 0.1) is 10.8 Å². The van der Waals surface area contributed by atoms with Gasteiger partial charge in [0.25, 0.3) is 0 Å². The Morgan fingerprint density at radius 3 is 2.47 bits per heavy atom. The summed E-state index contributed by atoms with van der Waals surface area (Å²) in [7, 11) is 1.98. The summed E-state index contributed by atoms with van der Waals surface area (Å²) >= 11 is 0. The summed E-state index contributed by atoms with van der Waals surface area (Å²) in [6.07, 6.45) is 11.2. The molecule has 0 saturated heterocycles. The van der Waals surface area contributed by atoms with Crippen molar-refractivity contribution in [2.24, 2.45) is 10.8 Å². The van der Waals surface area contributed by atoms with E-state index in [1.807, 2.05) is 7.05 Å². The molecule has 84 valence electrons. The quantitative estimate of drug-likeness (QED) is 0.729.